The summed E-state index contributed by atoms with van der Waals surface area (Å²) >= 11 is 5.36. The van der Waals surface area contributed by atoms with E-state index in [1.807, 2.05) is 0 Å². The summed E-state index contributed by atoms with van der Waals surface area (Å²) in [4.78, 5) is 1.37. The van der Waals surface area contributed by atoms with Crippen LogP contribution in [0.4, 0.5) is 0 Å². The topological polar surface area (TPSA) is 12.0 Å². The van der Waals surface area contributed by atoms with E-state index in [-0.39, 0.29) is 0 Å². The SMILES string of the molecule is CCCNC(c1cc(C)cc(C)c1)c1cc(Br)cs1. The molecule has 2 rings (SSSR count). The van der Waals surface area contributed by atoms with E-state index in [2.05, 4.69) is 71.7 Å². The molecule has 0 aliphatic rings. The van der Waals surface area contributed by atoms with Crippen molar-refractivity contribution < 1.29 is 0 Å². The fourth-order valence-electron chi connectivity index (χ4n) is 2.33. The predicted octanol–water partition coefficient (Wildman–Crippen LogP) is 5.22. The summed E-state index contributed by atoms with van der Waals surface area (Å²) in [6.07, 6.45) is 1.15. The number of halogens is 1. The van der Waals surface area contributed by atoms with Crippen LogP contribution in [0.2, 0.25) is 0 Å². The maximum absolute atomic E-state index is 3.66. The van der Waals surface area contributed by atoms with Crippen molar-refractivity contribution in [3.8, 4) is 0 Å². The number of hydrogen-bond acceptors (Lipinski definition) is 2. The van der Waals surface area contributed by atoms with Crippen LogP contribution in [-0.4, -0.2) is 6.54 Å². The lowest BCUT2D eigenvalue weighted by atomic mass is 10.00. The van der Waals surface area contributed by atoms with E-state index in [1.54, 1.807) is 11.3 Å². The van der Waals surface area contributed by atoms with Crippen LogP contribution in [0.5, 0.6) is 0 Å². The molecule has 0 radical (unpaired) electrons. The molecule has 0 amide bonds. The van der Waals surface area contributed by atoms with Gasteiger partial charge in [-0.15, -0.1) is 11.3 Å². The molecule has 1 heterocycles. The van der Waals surface area contributed by atoms with Gasteiger partial charge < -0.3 is 5.32 Å². The molecule has 0 aliphatic carbocycles. The first-order valence-electron chi connectivity index (χ1n) is 6.65. The van der Waals surface area contributed by atoms with Crippen LogP contribution >= 0.6 is 27.3 Å². The minimum absolute atomic E-state index is 0.301. The molecule has 1 atom stereocenters. The zero-order chi connectivity index (χ0) is 13.8. The summed E-state index contributed by atoms with van der Waals surface area (Å²) in [5.74, 6) is 0. The molecule has 1 aromatic carbocycles. The van der Waals surface area contributed by atoms with Gasteiger partial charge in [-0.2, -0.15) is 0 Å². The van der Waals surface area contributed by atoms with Crippen molar-refractivity contribution in [1.82, 2.24) is 5.32 Å². The first kappa shape index (κ1) is 14.8. The number of benzene rings is 1. The highest BCUT2D eigenvalue weighted by atomic mass is 79.9. The molecule has 0 bridgehead atoms. The fraction of sp³-hybridized carbons (Fsp3) is 0.375. The van der Waals surface area contributed by atoms with E-state index in [0.717, 1.165) is 13.0 Å². The van der Waals surface area contributed by atoms with Gasteiger partial charge in [0.2, 0.25) is 0 Å². The number of thiophene rings is 1. The third-order valence-electron chi connectivity index (χ3n) is 3.05. The van der Waals surface area contributed by atoms with E-state index >= 15 is 0 Å². The molecule has 0 fully saturated rings. The largest absolute Gasteiger partial charge is 0.306 e. The molecule has 0 saturated heterocycles. The summed E-state index contributed by atoms with van der Waals surface area (Å²) in [5.41, 5.74) is 4.02. The van der Waals surface area contributed by atoms with Gasteiger partial charge in [0.15, 0.2) is 0 Å². The number of nitrogens with one attached hydrogen (secondary N) is 1. The second-order valence-corrected chi connectivity index (χ2v) is 6.83. The lowest BCUT2D eigenvalue weighted by molar-refractivity contribution is 0.605. The van der Waals surface area contributed by atoms with Crippen LogP contribution in [0.1, 0.15) is 41.0 Å². The Morgan fingerprint density at radius 1 is 1.16 bits per heavy atom. The lowest BCUT2D eigenvalue weighted by Crippen LogP contribution is -2.22. The highest BCUT2D eigenvalue weighted by Gasteiger charge is 2.15. The van der Waals surface area contributed by atoms with Crippen LogP contribution in [0.3, 0.4) is 0 Å². The summed E-state index contributed by atoms with van der Waals surface area (Å²) in [7, 11) is 0. The monoisotopic (exact) mass is 337 g/mol. The zero-order valence-corrected chi connectivity index (χ0v) is 14.1. The summed E-state index contributed by atoms with van der Waals surface area (Å²) in [5, 5.41) is 5.81. The number of hydrogen-bond donors (Lipinski definition) is 1. The maximum atomic E-state index is 3.66. The van der Waals surface area contributed by atoms with E-state index in [1.165, 1.54) is 26.0 Å². The Labute approximate surface area is 128 Å². The van der Waals surface area contributed by atoms with Crippen molar-refractivity contribution in [2.45, 2.75) is 33.2 Å². The van der Waals surface area contributed by atoms with Gasteiger partial charge in [0.25, 0.3) is 0 Å². The van der Waals surface area contributed by atoms with E-state index in [9.17, 15) is 0 Å². The quantitative estimate of drug-likeness (QED) is 0.788. The summed E-state index contributed by atoms with van der Waals surface area (Å²) in [6.45, 7) is 7.57. The summed E-state index contributed by atoms with van der Waals surface area (Å²) in [6, 6.07) is 9.32. The molecule has 2 aromatic rings. The van der Waals surface area contributed by atoms with Gasteiger partial charge in [0, 0.05) is 14.7 Å². The van der Waals surface area contributed by atoms with E-state index in [4.69, 9.17) is 0 Å². The Morgan fingerprint density at radius 2 is 1.84 bits per heavy atom. The first-order chi connectivity index (χ1) is 9.10. The van der Waals surface area contributed by atoms with E-state index in [0.29, 0.717) is 6.04 Å². The van der Waals surface area contributed by atoms with Crippen LogP contribution in [0.15, 0.2) is 34.1 Å². The molecule has 0 spiro atoms. The predicted molar refractivity (Wildman–Crippen MR) is 88.1 cm³/mol. The van der Waals surface area contributed by atoms with Crippen LogP contribution in [0.25, 0.3) is 0 Å². The Bertz CT molecular complexity index is 527. The molecule has 1 N–H and O–H groups in total. The van der Waals surface area contributed by atoms with Crippen molar-refractivity contribution in [3.05, 3.63) is 55.7 Å². The van der Waals surface area contributed by atoms with Crippen molar-refractivity contribution in [2.24, 2.45) is 0 Å². The van der Waals surface area contributed by atoms with Gasteiger partial charge in [-0.25, -0.2) is 0 Å². The molecule has 1 unspecified atom stereocenters. The molecular weight excluding hydrogens is 318 g/mol. The zero-order valence-electron chi connectivity index (χ0n) is 11.7. The Morgan fingerprint density at radius 3 is 2.37 bits per heavy atom. The second kappa shape index (κ2) is 6.69. The minimum Gasteiger partial charge on any atom is -0.306 e. The third-order valence-corrected chi connectivity index (χ3v) is 4.81. The summed E-state index contributed by atoms with van der Waals surface area (Å²) < 4.78 is 1.17. The molecule has 1 aromatic heterocycles. The normalized spacial score (nSPS) is 12.6. The van der Waals surface area contributed by atoms with Gasteiger partial charge in [-0.1, -0.05) is 36.2 Å². The molecule has 0 saturated carbocycles. The number of rotatable bonds is 5. The van der Waals surface area contributed by atoms with Gasteiger partial charge in [0.05, 0.1) is 6.04 Å². The Hall–Kier alpha value is -0.640. The molecule has 102 valence electrons. The van der Waals surface area contributed by atoms with Crippen molar-refractivity contribution >= 4 is 27.3 Å². The number of aryl methyl sites for hydroxylation is 2. The Balaban J connectivity index is 2.36. The third kappa shape index (κ3) is 3.91. The van der Waals surface area contributed by atoms with Crippen molar-refractivity contribution in [1.29, 1.82) is 0 Å². The lowest BCUT2D eigenvalue weighted by Gasteiger charge is -2.19. The average Bonchev–Trinajstić information content (AvgIpc) is 2.75. The van der Waals surface area contributed by atoms with Crippen LogP contribution < -0.4 is 5.32 Å². The highest BCUT2D eigenvalue weighted by molar-refractivity contribution is 9.10. The molecule has 3 heteroatoms. The van der Waals surface area contributed by atoms with Gasteiger partial charge >= 0.3 is 0 Å². The Kier molecular flexibility index (Phi) is 5.20. The molecule has 19 heavy (non-hydrogen) atoms. The van der Waals surface area contributed by atoms with E-state index < -0.39 is 0 Å². The van der Waals surface area contributed by atoms with Crippen LogP contribution in [-0.2, 0) is 0 Å². The molecule has 1 nitrogen and oxygen atoms in total. The smallest absolute Gasteiger partial charge is 0.0671 e. The molecule has 0 aliphatic heterocycles. The highest BCUT2D eigenvalue weighted by Crippen LogP contribution is 2.31. The first-order valence-corrected chi connectivity index (χ1v) is 8.33. The van der Waals surface area contributed by atoms with Crippen molar-refractivity contribution in [2.75, 3.05) is 6.54 Å². The second-order valence-electron chi connectivity index (χ2n) is 4.98. The van der Waals surface area contributed by atoms with Crippen LogP contribution in [0, 0.1) is 13.8 Å². The fourth-order valence-corrected chi connectivity index (χ4v) is 3.87. The maximum Gasteiger partial charge on any atom is 0.0671 e. The molecular formula is C16H20BrNS. The standard InChI is InChI=1S/C16H20BrNS/c1-4-5-18-16(15-9-14(17)10-19-15)13-7-11(2)6-12(3)8-13/h6-10,16,18H,4-5H2,1-3H3. The average molecular weight is 338 g/mol. The van der Waals surface area contributed by atoms with Crippen molar-refractivity contribution in [3.63, 3.8) is 0 Å². The van der Waals surface area contributed by atoms with Gasteiger partial charge in [0.1, 0.15) is 0 Å². The van der Waals surface area contributed by atoms with Gasteiger partial charge in [-0.05, 0) is 54.4 Å². The van der Waals surface area contributed by atoms with Gasteiger partial charge in [-0.3, -0.25) is 0 Å². The minimum atomic E-state index is 0.301.